The maximum atomic E-state index is 10.4. The zero-order valence-corrected chi connectivity index (χ0v) is 7.23. The Morgan fingerprint density at radius 1 is 1.38 bits per heavy atom. The zero-order valence-electron chi connectivity index (χ0n) is 7.23. The van der Waals surface area contributed by atoms with Gasteiger partial charge in [-0.25, -0.2) is 4.79 Å². The number of carbonyl (C=O) groups is 1. The standard InChI is InChI=1S/C10H10O3/c1-13-9(7-10(11)12)8-5-3-2-4-6-8/h2-7H,1H3,(H,11,12)/b9-7-. The Morgan fingerprint density at radius 2 is 2.00 bits per heavy atom. The van der Waals surface area contributed by atoms with Crippen LogP contribution in [0.25, 0.3) is 5.76 Å². The van der Waals surface area contributed by atoms with Crippen LogP contribution in [0.4, 0.5) is 0 Å². The van der Waals surface area contributed by atoms with Gasteiger partial charge in [-0.1, -0.05) is 30.3 Å². The lowest BCUT2D eigenvalue weighted by molar-refractivity contribution is -0.131. The lowest BCUT2D eigenvalue weighted by Crippen LogP contribution is -1.94. The van der Waals surface area contributed by atoms with Gasteiger partial charge in [0.05, 0.1) is 13.2 Å². The normalized spacial score (nSPS) is 11.0. The molecular weight excluding hydrogens is 168 g/mol. The fourth-order valence-corrected chi connectivity index (χ4v) is 0.975. The van der Waals surface area contributed by atoms with E-state index in [2.05, 4.69) is 0 Å². The summed E-state index contributed by atoms with van der Waals surface area (Å²) in [4.78, 5) is 10.4. The minimum absolute atomic E-state index is 0.355. The fourth-order valence-electron chi connectivity index (χ4n) is 0.975. The molecule has 0 aliphatic rings. The number of hydrogen-bond acceptors (Lipinski definition) is 2. The minimum atomic E-state index is -1.01. The summed E-state index contributed by atoms with van der Waals surface area (Å²) in [7, 11) is 1.45. The van der Waals surface area contributed by atoms with Crippen molar-refractivity contribution in [2.45, 2.75) is 0 Å². The Kier molecular flexibility index (Phi) is 3.09. The van der Waals surface area contributed by atoms with Crippen LogP contribution in [0.1, 0.15) is 5.56 Å². The van der Waals surface area contributed by atoms with E-state index in [1.165, 1.54) is 7.11 Å². The van der Waals surface area contributed by atoms with Crippen LogP contribution < -0.4 is 0 Å². The highest BCUT2D eigenvalue weighted by Gasteiger charge is 2.01. The second-order valence-corrected chi connectivity index (χ2v) is 2.42. The van der Waals surface area contributed by atoms with Crippen molar-refractivity contribution < 1.29 is 14.6 Å². The summed E-state index contributed by atoms with van der Waals surface area (Å²) in [5, 5.41) is 8.52. The molecule has 0 aliphatic carbocycles. The molecule has 0 amide bonds. The summed E-state index contributed by atoms with van der Waals surface area (Å²) in [6.45, 7) is 0. The Hall–Kier alpha value is -1.77. The summed E-state index contributed by atoms with van der Waals surface area (Å²) < 4.78 is 4.93. The highest BCUT2D eigenvalue weighted by Crippen LogP contribution is 2.13. The molecule has 1 aromatic rings. The first kappa shape index (κ1) is 9.32. The van der Waals surface area contributed by atoms with Gasteiger partial charge in [0.25, 0.3) is 0 Å². The van der Waals surface area contributed by atoms with Crippen LogP contribution >= 0.6 is 0 Å². The number of rotatable bonds is 3. The number of aliphatic carboxylic acids is 1. The number of hydrogen-bond donors (Lipinski definition) is 1. The third-order valence-electron chi connectivity index (χ3n) is 1.53. The van der Waals surface area contributed by atoms with Gasteiger partial charge in [-0.05, 0) is 0 Å². The van der Waals surface area contributed by atoms with Crippen LogP contribution in [0, 0.1) is 0 Å². The third kappa shape index (κ3) is 2.63. The first-order valence-electron chi connectivity index (χ1n) is 3.78. The molecular formula is C10H10O3. The monoisotopic (exact) mass is 178 g/mol. The molecule has 0 aliphatic heterocycles. The van der Waals surface area contributed by atoms with E-state index in [-0.39, 0.29) is 0 Å². The Bertz CT molecular complexity index is 314. The molecule has 0 saturated heterocycles. The van der Waals surface area contributed by atoms with Crippen LogP contribution in [0.15, 0.2) is 36.4 Å². The lowest BCUT2D eigenvalue weighted by Gasteiger charge is -2.03. The molecule has 0 radical (unpaired) electrons. The number of benzene rings is 1. The molecule has 1 rings (SSSR count). The van der Waals surface area contributed by atoms with Crippen LogP contribution in [0.2, 0.25) is 0 Å². The van der Waals surface area contributed by atoms with Gasteiger partial charge in [0.2, 0.25) is 0 Å². The second-order valence-electron chi connectivity index (χ2n) is 2.42. The van der Waals surface area contributed by atoms with Gasteiger partial charge < -0.3 is 9.84 Å². The van der Waals surface area contributed by atoms with Crippen molar-refractivity contribution in [1.29, 1.82) is 0 Å². The van der Waals surface area contributed by atoms with Crippen molar-refractivity contribution in [1.82, 2.24) is 0 Å². The molecule has 0 atom stereocenters. The topological polar surface area (TPSA) is 46.5 Å². The molecule has 0 fully saturated rings. The van der Waals surface area contributed by atoms with Gasteiger partial charge in [0.1, 0.15) is 5.76 Å². The minimum Gasteiger partial charge on any atom is -0.496 e. The van der Waals surface area contributed by atoms with E-state index < -0.39 is 5.97 Å². The van der Waals surface area contributed by atoms with Crippen LogP contribution in [0.5, 0.6) is 0 Å². The van der Waals surface area contributed by atoms with Crippen molar-refractivity contribution in [3.05, 3.63) is 42.0 Å². The SMILES string of the molecule is CO/C(=C\C(=O)O)c1ccccc1. The number of carboxylic acid groups (broad SMARTS) is 1. The van der Waals surface area contributed by atoms with E-state index in [4.69, 9.17) is 9.84 Å². The third-order valence-corrected chi connectivity index (χ3v) is 1.53. The van der Waals surface area contributed by atoms with Gasteiger partial charge in [0, 0.05) is 5.56 Å². The van der Waals surface area contributed by atoms with Gasteiger partial charge in [-0.2, -0.15) is 0 Å². The van der Waals surface area contributed by atoms with Crippen molar-refractivity contribution in [2.75, 3.05) is 7.11 Å². The highest BCUT2D eigenvalue weighted by molar-refractivity contribution is 5.88. The molecule has 1 aromatic carbocycles. The zero-order chi connectivity index (χ0) is 9.68. The summed E-state index contributed by atoms with van der Waals surface area (Å²) in [5.41, 5.74) is 0.757. The van der Waals surface area contributed by atoms with Crippen molar-refractivity contribution in [2.24, 2.45) is 0 Å². The number of methoxy groups -OCH3 is 1. The van der Waals surface area contributed by atoms with Gasteiger partial charge in [-0.3, -0.25) is 0 Å². The van der Waals surface area contributed by atoms with E-state index in [1.807, 2.05) is 18.2 Å². The molecule has 0 spiro atoms. The predicted octanol–water partition coefficient (Wildman–Crippen LogP) is 1.76. The molecule has 0 heterocycles. The number of carboxylic acids is 1. The Balaban J connectivity index is 2.98. The molecule has 13 heavy (non-hydrogen) atoms. The maximum absolute atomic E-state index is 10.4. The lowest BCUT2D eigenvalue weighted by atomic mass is 10.2. The van der Waals surface area contributed by atoms with Gasteiger partial charge >= 0.3 is 5.97 Å². The first-order valence-corrected chi connectivity index (χ1v) is 3.78. The molecule has 0 saturated carbocycles. The van der Waals surface area contributed by atoms with Crippen LogP contribution in [0.3, 0.4) is 0 Å². The van der Waals surface area contributed by atoms with Gasteiger partial charge in [0.15, 0.2) is 0 Å². The van der Waals surface area contributed by atoms with Gasteiger partial charge in [-0.15, -0.1) is 0 Å². The Labute approximate surface area is 76.3 Å². The van der Waals surface area contributed by atoms with E-state index >= 15 is 0 Å². The van der Waals surface area contributed by atoms with Crippen molar-refractivity contribution in [3.8, 4) is 0 Å². The Morgan fingerprint density at radius 3 is 2.46 bits per heavy atom. The largest absolute Gasteiger partial charge is 0.496 e. The molecule has 0 bridgehead atoms. The van der Waals surface area contributed by atoms with E-state index in [0.29, 0.717) is 5.76 Å². The smallest absolute Gasteiger partial charge is 0.332 e. The molecule has 68 valence electrons. The van der Waals surface area contributed by atoms with Crippen LogP contribution in [-0.4, -0.2) is 18.2 Å². The molecule has 0 aromatic heterocycles. The average Bonchev–Trinajstić information content (AvgIpc) is 2.15. The molecule has 3 heteroatoms. The highest BCUT2D eigenvalue weighted by atomic mass is 16.5. The first-order chi connectivity index (χ1) is 6.24. The quantitative estimate of drug-likeness (QED) is 0.566. The van der Waals surface area contributed by atoms with Crippen molar-refractivity contribution >= 4 is 11.7 Å². The fraction of sp³-hybridized carbons (Fsp3) is 0.100. The summed E-state index contributed by atoms with van der Waals surface area (Å²) in [6.07, 6.45) is 1.04. The summed E-state index contributed by atoms with van der Waals surface area (Å²) in [6, 6.07) is 9.09. The van der Waals surface area contributed by atoms with Crippen molar-refractivity contribution in [3.63, 3.8) is 0 Å². The molecule has 0 unspecified atom stereocenters. The average molecular weight is 178 g/mol. The predicted molar refractivity (Wildman–Crippen MR) is 49.1 cm³/mol. The van der Waals surface area contributed by atoms with E-state index in [0.717, 1.165) is 11.6 Å². The molecule has 1 N–H and O–H groups in total. The molecule has 3 nitrogen and oxygen atoms in total. The van der Waals surface area contributed by atoms with E-state index in [9.17, 15) is 4.79 Å². The van der Waals surface area contributed by atoms with E-state index in [1.54, 1.807) is 12.1 Å². The second kappa shape index (κ2) is 4.30. The summed E-state index contributed by atoms with van der Waals surface area (Å²) >= 11 is 0. The van der Waals surface area contributed by atoms with Crippen LogP contribution in [-0.2, 0) is 9.53 Å². The summed E-state index contributed by atoms with van der Waals surface area (Å²) in [5.74, 6) is -0.659. The number of ether oxygens (including phenoxy) is 1. The maximum Gasteiger partial charge on any atom is 0.332 e.